The molecule has 0 aliphatic carbocycles. The van der Waals surface area contributed by atoms with Crippen LogP contribution in [0.5, 0.6) is 0 Å². The Hall–Kier alpha value is -3.95. The van der Waals surface area contributed by atoms with Gasteiger partial charge in [-0.2, -0.15) is 0 Å². The minimum Gasteiger partial charge on any atom is -0.0622 e. The molecule has 2 heteroatoms. The molecule has 0 aromatic heterocycles. The second kappa shape index (κ2) is 11.7. The highest BCUT2D eigenvalue weighted by atomic mass is 31.2. The highest BCUT2D eigenvalue weighted by Crippen LogP contribution is 2.65. The van der Waals surface area contributed by atoms with E-state index >= 15 is 0 Å². The average molecular weight is 552 g/mol. The van der Waals surface area contributed by atoms with E-state index in [0.717, 1.165) is 0 Å². The molecule has 194 valence electrons. The second-order valence-corrected chi connectivity index (χ2v) is 17.4. The van der Waals surface area contributed by atoms with E-state index in [0.29, 0.717) is 0 Å². The van der Waals surface area contributed by atoms with Crippen molar-refractivity contribution in [2.75, 3.05) is 0 Å². The maximum atomic E-state index is 2.47. The molecule has 0 radical (unpaired) electrons. The average Bonchev–Trinajstić information content (AvgIpc) is 3.05. The van der Waals surface area contributed by atoms with Gasteiger partial charge >= 0.3 is 0 Å². The maximum Gasteiger partial charge on any atom is 0.140 e. The molecule has 0 atom stereocenters. The van der Waals surface area contributed by atoms with Gasteiger partial charge in [-0.3, -0.25) is 0 Å². The van der Waals surface area contributed by atoms with Crippen LogP contribution in [-0.2, 0) is 0 Å². The summed E-state index contributed by atoms with van der Waals surface area (Å²) in [5, 5.41) is 9.87. The summed E-state index contributed by atoms with van der Waals surface area (Å²) in [4.78, 5) is 0. The van der Waals surface area contributed by atoms with E-state index in [1.54, 1.807) is 5.03 Å². The van der Waals surface area contributed by atoms with Crippen LogP contribution in [0.3, 0.4) is 0 Å². The highest BCUT2D eigenvalue weighted by Gasteiger charge is 2.52. The molecule has 0 aliphatic rings. The monoisotopic (exact) mass is 551 g/mol. The number of rotatable bonds is 7. The molecule has 6 rings (SSSR count). The van der Waals surface area contributed by atoms with Crippen molar-refractivity contribution >= 4 is 51.0 Å². The van der Waals surface area contributed by atoms with Gasteiger partial charge in [-0.25, -0.2) is 0 Å². The smallest absolute Gasteiger partial charge is 0.0622 e. The quantitative estimate of drug-likeness (QED) is 0.185. The van der Waals surface area contributed by atoms with Gasteiger partial charge in [0.1, 0.15) is 23.2 Å². The van der Waals surface area contributed by atoms with Crippen LogP contribution < -0.4 is 31.8 Å². The predicted molar refractivity (Wildman–Crippen MR) is 181 cm³/mol. The highest BCUT2D eigenvalue weighted by molar-refractivity contribution is 8.20. The number of hydrogen-bond donors (Lipinski definition) is 0. The van der Waals surface area contributed by atoms with Gasteiger partial charge in [-0.05, 0) is 59.2 Å². The summed E-state index contributed by atoms with van der Waals surface area (Å²) in [5.41, 5.74) is 0. The van der Waals surface area contributed by atoms with Crippen molar-refractivity contribution in [3.05, 3.63) is 182 Å². The lowest BCUT2D eigenvalue weighted by Crippen LogP contribution is -2.40. The van der Waals surface area contributed by atoms with Crippen molar-refractivity contribution in [1.82, 2.24) is 0 Å². The standard InChI is InChI=1S/C38H33P2/c1-32(39(33-20-8-2-9-21-33,34-22-10-3-11-23-34)35-24-12-4-13-25-35)40(36-26-14-5-15-27-36,37-28-16-6-17-29-37)38-30-18-7-19-31-38/h2-31H,1H3/q+1. The summed E-state index contributed by atoms with van der Waals surface area (Å²) < 4.78 is 0. The lowest BCUT2D eigenvalue weighted by atomic mass is 10.4. The third kappa shape index (κ3) is 4.39. The zero-order valence-electron chi connectivity index (χ0n) is 22.7. The molecule has 0 nitrogen and oxygen atoms in total. The summed E-state index contributed by atoms with van der Waals surface area (Å²) in [7, 11) is -2.30. The Bertz CT molecular complexity index is 1510. The van der Waals surface area contributed by atoms with Gasteiger partial charge < -0.3 is 0 Å². The van der Waals surface area contributed by atoms with Crippen LogP contribution in [0.2, 0.25) is 0 Å². The minimum atomic E-state index is -2.30. The maximum absolute atomic E-state index is 2.47. The fourth-order valence-electron chi connectivity index (χ4n) is 6.15. The summed E-state index contributed by atoms with van der Waals surface area (Å²) in [6, 6.07) is 67.5. The normalized spacial score (nSPS) is 11.6. The van der Waals surface area contributed by atoms with E-state index in [2.05, 4.69) is 189 Å². The molecule has 40 heavy (non-hydrogen) atoms. The van der Waals surface area contributed by atoms with Crippen LogP contribution >= 0.6 is 14.1 Å². The third-order valence-corrected chi connectivity index (χ3v) is 18.0. The summed E-state index contributed by atoms with van der Waals surface area (Å²) >= 11 is 0. The van der Waals surface area contributed by atoms with E-state index in [-0.39, 0.29) is 0 Å². The lowest BCUT2D eigenvalue weighted by Gasteiger charge is -2.37. The Morgan fingerprint density at radius 2 is 0.575 bits per heavy atom. The van der Waals surface area contributed by atoms with Crippen molar-refractivity contribution < 1.29 is 0 Å². The number of hydrogen-bond acceptors (Lipinski definition) is 0. The molecule has 6 aromatic rings. The minimum absolute atomic E-state index is 1.39. The Morgan fingerprint density at radius 3 is 0.825 bits per heavy atom. The van der Waals surface area contributed by atoms with Crippen LogP contribution in [0.4, 0.5) is 0 Å². The molecule has 0 aliphatic heterocycles. The first kappa shape index (κ1) is 26.3. The molecule has 0 heterocycles. The van der Waals surface area contributed by atoms with Gasteiger partial charge in [0.25, 0.3) is 0 Å². The van der Waals surface area contributed by atoms with Crippen molar-refractivity contribution in [2.24, 2.45) is 0 Å². The third-order valence-electron chi connectivity index (χ3n) is 7.83. The van der Waals surface area contributed by atoms with Crippen LogP contribution in [0.1, 0.15) is 6.92 Å². The largest absolute Gasteiger partial charge is 0.140 e. The molecular weight excluding hydrogens is 518 g/mol. The molecule has 0 bridgehead atoms. The molecule has 0 unspecified atom stereocenters. The molecule has 0 spiro atoms. The van der Waals surface area contributed by atoms with E-state index < -0.39 is 14.1 Å². The molecule has 0 N–H and O–H groups in total. The van der Waals surface area contributed by atoms with Gasteiger partial charge in [0.2, 0.25) is 0 Å². The lowest BCUT2D eigenvalue weighted by molar-refractivity contribution is 1.72. The molecule has 0 amide bonds. The molecular formula is C38H33P2+. The van der Waals surface area contributed by atoms with E-state index in [9.17, 15) is 0 Å². The zero-order chi connectivity index (χ0) is 27.3. The van der Waals surface area contributed by atoms with E-state index in [1.165, 1.54) is 31.8 Å². The van der Waals surface area contributed by atoms with Crippen molar-refractivity contribution in [1.29, 1.82) is 0 Å². The first-order chi connectivity index (χ1) is 19.8. The van der Waals surface area contributed by atoms with Crippen LogP contribution in [0, 0.1) is 0 Å². The summed E-state index contributed by atoms with van der Waals surface area (Å²) in [6.07, 6.45) is 0. The zero-order valence-corrected chi connectivity index (χ0v) is 24.5. The predicted octanol–water partition coefficient (Wildman–Crippen LogP) is 7.12. The van der Waals surface area contributed by atoms with Crippen LogP contribution in [0.25, 0.3) is 0 Å². The second-order valence-electron chi connectivity index (χ2n) is 9.90. The summed E-state index contributed by atoms with van der Waals surface area (Å²) in [5.74, 6) is 0. The van der Waals surface area contributed by atoms with Crippen molar-refractivity contribution in [3.63, 3.8) is 0 Å². The number of benzene rings is 6. The van der Waals surface area contributed by atoms with Gasteiger partial charge in [0, 0.05) is 6.89 Å². The van der Waals surface area contributed by atoms with Crippen molar-refractivity contribution in [2.45, 2.75) is 6.92 Å². The van der Waals surface area contributed by atoms with E-state index in [1.807, 2.05) is 0 Å². The van der Waals surface area contributed by atoms with Gasteiger partial charge in [0.15, 0.2) is 0 Å². The van der Waals surface area contributed by atoms with Gasteiger partial charge in [-0.15, -0.1) is 0 Å². The molecule has 6 aromatic carbocycles. The van der Waals surface area contributed by atoms with Gasteiger partial charge in [-0.1, -0.05) is 146 Å². The molecule has 0 saturated heterocycles. The van der Waals surface area contributed by atoms with Gasteiger partial charge in [0.05, 0.1) is 5.03 Å². The Kier molecular flexibility index (Phi) is 7.66. The fraction of sp³-hybridized carbons (Fsp3) is 0.0263. The Balaban J connectivity index is 1.94. The fourth-order valence-corrected chi connectivity index (χ4v) is 17.8. The van der Waals surface area contributed by atoms with Crippen molar-refractivity contribution in [3.8, 4) is 0 Å². The SMILES string of the molecule is CC(=P(c1ccccc1)(c1ccccc1)c1ccccc1)[P+](c1ccccc1)(c1ccccc1)c1ccccc1. The first-order valence-corrected chi connectivity index (χ1v) is 17.3. The molecule has 0 saturated carbocycles. The van der Waals surface area contributed by atoms with Crippen LogP contribution in [0.15, 0.2) is 182 Å². The van der Waals surface area contributed by atoms with E-state index in [4.69, 9.17) is 0 Å². The topological polar surface area (TPSA) is 0 Å². The first-order valence-electron chi connectivity index (χ1n) is 13.8. The molecule has 0 fully saturated rings. The Labute approximate surface area is 239 Å². The summed E-state index contributed by atoms with van der Waals surface area (Å²) in [6.45, 7) is 0.178. The van der Waals surface area contributed by atoms with Crippen LogP contribution in [-0.4, -0.2) is 5.03 Å². The Morgan fingerprint density at radius 1 is 0.350 bits per heavy atom.